The van der Waals surface area contributed by atoms with E-state index < -0.39 is 5.60 Å². The Hall–Kier alpha value is -3.61. The lowest BCUT2D eigenvalue weighted by atomic mass is 9.83. The van der Waals surface area contributed by atoms with Crippen molar-refractivity contribution in [2.24, 2.45) is 13.0 Å². The molecule has 0 bridgehead atoms. The molecule has 1 N–H and O–H groups in total. The fraction of sp³-hybridized carbons (Fsp3) is 0.552. The van der Waals surface area contributed by atoms with Gasteiger partial charge in [-0.3, -0.25) is 9.36 Å². The molecule has 218 valence electrons. The van der Waals surface area contributed by atoms with Crippen LogP contribution >= 0.6 is 0 Å². The Kier molecular flexibility index (Phi) is 7.16. The maximum absolute atomic E-state index is 13.8. The Morgan fingerprint density at radius 1 is 1.07 bits per heavy atom. The molecular weight excluding hydrogens is 524 g/mol. The second kappa shape index (κ2) is 10.7. The molecule has 2 fully saturated rings. The number of rotatable bonds is 6. The van der Waals surface area contributed by atoms with Gasteiger partial charge in [-0.2, -0.15) is 9.97 Å². The molecule has 12 nitrogen and oxygen atoms in total. The zero-order valence-electron chi connectivity index (χ0n) is 24.4. The summed E-state index contributed by atoms with van der Waals surface area (Å²) in [4.78, 5) is 37.5. The van der Waals surface area contributed by atoms with Crippen LogP contribution < -0.4 is 4.90 Å². The van der Waals surface area contributed by atoms with E-state index in [9.17, 15) is 9.90 Å². The third-order valence-corrected chi connectivity index (χ3v) is 8.48. The lowest BCUT2D eigenvalue weighted by molar-refractivity contribution is -0.0110. The summed E-state index contributed by atoms with van der Waals surface area (Å²) in [5, 5.41) is 10.5. The molecule has 12 heteroatoms. The number of imidazole rings is 2. The van der Waals surface area contributed by atoms with E-state index in [0.29, 0.717) is 74.0 Å². The number of ether oxygens (including phenoxy) is 2. The predicted molar refractivity (Wildman–Crippen MR) is 154 cm³/mol. The number of benzene rings is 1. The van der Waals surface area contributed by atoms with Gasteiger partial charge in [0.05, 0.1) is 29.8 Å². The molecule has 6 rings (SSSR count). The molecule has 0 aliphatic carbocycles. The largest absolute Gasteiger partial charge is 0.390 e. The first-order chi connectivity index (χ1) is 19.7. The molecule has 1 atom stereocenters. The van der Waals surface area contributed by atoms with Crippen LogP contribution in [0.2, 0.25) is 0 Å². The highest BCUT2D eigenvalue weighted by Crippen LogP contribution is 2.32. The third-order valence-electron chi connectivity index (χ3n) is 8.48. The maximum Gasteiger partial charge on any atom is 0.289 e. The zero-order chi connectivity index (χ0) is 28.9. The van der Waals surface area contributed by atoms with Crippen molar-refractivity contribution in [3.05, 3.63) is 35.9 Å². The van der Waals surface area contributed by atoms with Crippen molar-refractivity contribution >= 4 is 33.9 Å². The lowest BCUT2D eigenvalue weighted by Crippen LogP contribution is -2.44. The summed E-state index contributed by atoms with van der Waals surface area (Å²) in [5.74, 6) is 2.13. The average Bonchev–Trinajstić information content (AvgIpc) is 3.54. The number of morpholine rings is 1. The molecule has 4 aromatic rings. The van der Waals surface area contributed by atoms with E-state index in [4.69, 9.17) is 29.4 Å². The SMILES string of the molecule is CO[C@@H](C)c1nc2ccccc2n1-c1nc(N2CCOCC2)c2nc(C(=O)N3CCC(C(C)(C)O)CC3)n(C)c2n1. The monoisotopic (exact) mass is 562 g/mol. The number of carbonyl (C=O) groups is 1. The van der Waals surface area contributed by atoms with Gasteiger partial charge in [0, 0.05) is 40.3 Å². The van der Waals surface area contributed by atoms with Gasteiger partial charge >= 0.3 is 0 Å². The topological polar surface area (TPSA) is 124 Å². The number of carbonyl (C=O) groups excluding carboxylic acids is 1. The summed E-state index contributed by atoms with van der Waals surface area (Å²) in [5.41, 5.74) is 2.08. The molecular formula is C29H38N8O4. The molecule has 2 saturated heterocycles. The van der Waals surface area contributed by atoms with Crippen molar-refractivity contribution in [3.8, 4) is 5.95 Å². The molecule has 1 amide bonds. The van der Waals surface area contributed by atoms with Gasteiger partial charge in [-0.25, -0.2) is 9.97 Å². The number of aryl methyl sites for hydroxylation is 1. The number of aliphatic hydroxyl groups is 1. The number of hydrogen-bond donors (Lipinski definition) is 1. The van der Waals surface area contributed by atoms with Crippen molar-refractivity contribution < 1.29 is 19.4 Å². The van der Waals surface area contributed by atoms with E-state index in [-0.39, 0.29) is 17.9 Å². The number of piperidine rings is 1. The molecule has 0 saturated carbocycles. The molecule has 2 aliphatic rings. The van der Waals surface area contributed by atoms with Gasteiger partial charge in [0.25, 0.3) is 5.91 Å². The second-order valence-corrected chi connectivity index (χ2v) is 11.5. The van der Waals surface area contributed by atoms with E-state index in [0.717, 1.165) is 23.9 Å². The highest BCUT2D eigenvalue weighted by Gasteiger charge is 2.34. The molecule has 2 aliphatic heterocycles. The first-order valence-corrected chi connectivity index (χ1v) is 14.3. The Morgan fingerprint density at radius 2 is 1.78 bits per heavy atom. The minimum absolute atomic E-state index is 0.143. The highest BCUT2D eigenvalue weighted by atomic mass is 16.5. The first kappa shape index (κ1) is 27.6. The number of nitrogens with zero attached hydrogens (tertiary/aromatic N) is 8. The minimum atomic E-state index is -0.761. The Balaban J connectivity index is 1.47. The molecule has 0 unspecified atom stereocenters. The molecule has 5 heterocycles. The van der Waals surface area contributed by atoms with Crippen molar-refractivity contribution in [2.45, 2.75) is 45.3 Å². The number of fused-ring (bicyclic) bond motifs is 2. The predicted octanol–water partition coefficient (Wildman–Crippen LogP) is 2.87. The number of para-hydroxylation sites is 2. The van der Waals surface area contributed by atoms with Gasteiger partial charge < -0.3 is 28.9 Å². The van der Waals surface area contributed by atoms with Crippen LogP contribution in [0.3, 0.4) is 0 Å². The van der Waals surface area contributed by atoms with E-state index in [1.54, 1.807) is 11.7 Å². The summed E-state index contributed by atoms with van der Waals surface area (Å²) in [6.07, 6.45) is 1.19. The highest BCUT2D eigenvalue weighted by molar-refractivity contribution is 5.96. The van der Waals surface area contributed by atoms with Crippen molar-refractivity contribution in [3.63, 3.8) is 0 Å². The normalized spacial score (nSPS) is 18.0. The number of methoxy groups -OCH3 is 1. The summed E-state index contributed by atoms with van der Waals surface area (Å²) >= 11 is 0. The number of anilines is 1. The molecule has 41 heavy (non-hydrogen) atoms. The smallest absolute Gasteiger partial charge is 0.289 e. The molecule has 0 radical (unpaired) electrons. The van der Waals surface area contributed by atoms with Crippen LogP contribution in [0, 0.1) is 5.92 Å². The Morgan fingerprint density at radius 3 is 2.46 bits per heavy atom. The van der Waals surface area contributed by atoms with Crippen LogP contribution in [0.5, 0.6) is 0 Å². The molecule has 0 spiro atoms. The van der Waals surface area contributed by atoms with Crippen molar-refractivity contribution in [1.29, 1.82) is 0 Å². The van der Waals surface area contributed by atoms with Gasteiger partial charge in [0.2, 0.25) is 11.8 Å². The van der Waals surface area contributed by atoms with Gasteiger partial charge in [-0.1, -0.05) is 12.1 Å². The van der Waals surface area contributed by atoms with E-state index >= 15 is 0 Å². The fourth-order valence-corrected chi connectivity index (χ4v) is 5.89. The standard InChI is InChI=1S/C29H38N8O4/c1-18(40-5)23-30-20-8-6-7-9-21(20)37(23)28-32-24-22(25(33-28)35-14-16-41-17-15-35)31-26(34(24)4)27(38)36-12-10-19(11-13-36)29(2,3)39/h6-9,18-19,39H,10-17H2,1-5H3/t18-/m0/s1. The quantitative estimate of drug-likeness (QED) is 0.378. The molecule has 3 aromatic heterocycles. The van der Waals surface area contributed by atoms with Crippen LogP contribution in [0.4, 0.5) is 5.82 Å². The van der Waals surface area contributed by atoms with Gasteiger partial charge in [0.1, 0.15) is 11.9 Å². The fourth-order valence-electron chi connectivity index (χ4n) is 5.89. The number of likely N-dealkylation sites (tertiary alicyclic amines) is 1. The van der Waals surface area contributed by atoms with Crippen LogP contribution in [0.1, 0.15) is 56.2 Å². The number of amides is 1. The van der Waals surface area contributed by atoms with Crippen LogP contribution in [0.15, 0.2) is 24.3 Å². The Bertz CT molecular complexity index is 1580. The molecule has 1 aromatic carbocycles. The second-order valence-electron chi connectivity index (χ2n) is 11.5. The summed E-state index contributed by atoms with van der Waals surface area (Å²) < 4.78 is 15.0. The zero-order valence-corrected chi connectivity index (χ0v) is 24.4. The lowest BCUT2D eigenvalue weighted by Gasteiger charge is -2.37. The van der Waals surface area contributed by atoms with Gasteiger partial charge in [0.15, 0.2) is 17.0 Å². The first-order valence-electron chi connectivity index (χ1n) is 14.3. The van der Waals surface area contributed by atoms with Crippen LogP contribution in [-0.4, -0.2) is 97.1 Å². The third kappa shape index (κ3) is 4.93. The van der Waals surface area contributed by atoms with E-state index in [2.05, 4.69) is 4.90 Å². The summed E-state index contributed by atoms with van der Waals surface area (Å²) in [6, 6.07) is 7.87. The van der Waals surface area contributed by atoms with Crippen LogP contribution in [0.25, 0.3) is 28.1 Å². The summed E-state index contributed by atoms with van der Waals surface area (Å²) in [6.45, 7) is 9.24. The van der Waals surface area contributed by atoms with Crippen molar-refractivity contribution in [1.82, 2.24) is 34.0 Å². The number of aromatic nitrogens is 6. The Labute approximate surface area is 238 Å². The van der Waals surface area contributed by atoms with Crippen LogP contribution in [-0.2, 0) is 16.5 Å². The van der Waals surface area contributed by atoms with Gasteiger partial charge in [-0.15, -0.1) is 0 Å². The van der Waals surface area contributed by atoms with E-state index in [1.165, 1.54) is 0 Å². The van der Waals surface area contributed by atoms with E-state index in [1.807, 2.05) is 61.6 Å². The summed E-state index contributed by atoms with van der Waals surface area (Å²) in [7, 11) is 3.48. The maximum atomic E-state index is 13.8. The number of hydrogen-bond acceptors (Lipinski definition) is 9. The van der Waals surface area contributed by atoms with Gasteiger partial charge in [-0.05, 0) is 51.7 Å². The average molecular weight is 563 g/mol. The minimum Gasteiger partial charge on any atom is -0.390 e. The van der Waals surface area contributed by atoms with Crippen molar-refractivity contribution in [2.75, 3.05) is 51.4 Å².